The molecule has 0 unspecified atom stereocenters. The van der Waals surface area contributed by atoms with Crippen molar-refractivity contribution in [3.05, 3.63) is 11.8 Å². The molecule has 0 saturated carbocycles. The SMILES string of the molecule is CC/C=C(/N)CN1CC(C)(C)C1. The van der Waals surface area contributed by atoms with Crippen molar-refractivity contribution in [2.75, 3.05) is 19.6 Å². The van der Waals surface area contributed by atoms with E-state index in [0.717, 1.165) is 18.7 Å². The Kier molecular flexibility index (Phi) is 2.78. The fourth-order valence-corrected chi connectivity index (χ4v) is 1.86. The minimum atomic E-state index is 0.520. The lowest BCUT2D eigenvalue weighted by Crippen LogP contribution is -2.53. The van der Waals surface area contributed by atoms with Crippen LogP contribution in [0.15, 0.2) is 11.8 Å². The Morgan fingerprint density at radius 1 is 1.50 bits per heavy atom. The lowest BCUT2D eigenvalue weighted by molar-refractivity contribution is 0.0397. The van der Waals surface area contributed by atoms with Crippen LogP contribution < -0.4 is 5.73 Å². The molecule has 2 N–H and O–H groups in total. The van der Waals surface area contributed by atoms with Gasteiger partial charge in [0, 0.05) is 25.3 Å². The zero-order valence-corrected chi connectivity index (χ0v) is 8.43. The molecule has 70 valence electrons. The van der Waals surface area contributed by atoms with Crippen LogP contribution in [0.2, 0.25) is 0 Å². The predicted molar refractivity (Wildman–Crippen MR) is 52.8 cm³/mol. The normalized spacial score (nSPS) is 23.8. The van der Waals surface area contributed by atoms with Crippen LogP contribution in [0.25, 0.3) is 0 Å². The number of hydrogen-bond donors (Lipinski definition) is 1. The molecule has 2 nitrogen and oxygen atoms in total. The molecule has 0 aromatic carbocycles. The van der Waals surface area contributed by atoms with Gasteiger partial charge < -0.3 is 5.73 Å². The van der Waals surface area contributed by atoms with Gasteiger partial charge in [-0.25, -0.2) is 0 Å². The molecule has 1 saturated heterocycles. The summed E-state index contributed by atoms with van der Waals surface area (Å²) < 4.78 is 0. The largest absolute Gasteiger partial charge is 0.401 e. The van der Waals surface area contributed by atoms with E-state index in [1.807, 2.05) is 0 Å². The van der Waals surface area contributed by atoms with Crippen molar-refractivity contribution in [1.82, 2.24) is 4.90 Å². The second kappa shape index (κ2) is 3.48. The molecule has 0 bridgehead atoms. The molecular weight excluding hydrogens is 148 g/mol. The first kappa shape index (κ1) is 9.59. The maximum Gasteiger partial charge on any atom is 0.0376 e. The van der Waals surface area contributed by atoms with Crippen LogP contribution in [0.4, 0.5) is 0 Å². The smallest absolute Gasteiger partial charge is 0.0376 e. The highest BCUT2D eigenvalue weighted by molar-refractivity contribution is 5.02. The van der Waals surface area contributed by atoms with E-state index in [-0.39, 0.29) is 0 Å². The fraction of sp³-hybridized carbons (Fsp3) is 0.800. The molecule has 12 heavy (non-hydrogen) atoms. The molecule has 0 spiro atoms. The molecule has 1 aliphatic rings. The summed E-state index contributed by atoms with van der Waals surface area (Å²) in [6, 6.07) is 0. The Morgan fingerprint density at radius 2 is 2.08 bits per heavy atom. The third-order valence-electron chi connectivity index (χ3n) is 2.18. The topological polar surface area (TPSA) is 29.3 Å². The van der Waals surface area contributed by atoms with Crippen LogP contribution in [0, 0.1) is 5.41 Å². The highest BCUT2D eigenvalue weighted by Gasteiger charge is 2.33. The molecule has 0 amide bonds. The molecule has 1 aliphatic heterocycles. The lowest BCUT2D eigenvalue weighted by Gasteiger charge is -2.45. The van der Waals surface area contributed by atoms with E-state index in [9.17, 15) is 0 Å². The first-order chi connectivity index (χ1) is 5.53. The monoisotopic (exact) mass is 168 g/mol. The van der Waals surface area contributed by atoms with Gasteiger partial charge in [-0.2, -0.15) is 0 Å². The number of nitrogens with zero attached hydrogens (tertiary/aromatic N) is 1. The van der Waals surface area contributed by atoms with E-state index >= 15 is 0 Å². The Balaban J connectivity index is 2.23. The average molecular weight is 168 g/mol. The van der Waals surface area contributed by atoms with Crippen LogP contribution in [0.5, 0.6) is 0 Å². The third-order valence-corrected chi connectivity index (χ3v) is 2.18. The van der Waals surface area contributed by atoms with Crippen LogP contribution in [-0.4, -0.2) is 24.5 Å². The summed E-state index contributed by atoms with van der Waals surface area (Å²) in [6.07, 6.45) is 3.15. The predicted octanol–water partition coefficient (Wildman–Crippen LogP) is 1.58. The molecule has 0 aromatic rings. The van der Waals surface area contributed by atoms with Crippen molar-refractivity contribution >= 4 is 0 Å². The van der Waals surface area contributed by atoms with Gasteiger partial charge in [-0.1, -0.05) is 26.8 Å². The van der Waals surface area contributed by atoms with E-state index < -0.39 is 0 Å². The van der Waals surface area contributed by atoms with Crippen molar-refractivity contribution < 1.29 is 0 Å². The van der Waals surface area contributed by atoms with E-state index in [1.54, 1.807) is 0 Å². The van der Waals surface area contributed by atoms with Crippen molar-refractivity contribution in [2.24, 2.45) is 11.1 Å². The highest BCUT2D eigenvalue weighted by atomic mass is 15.2. The van der Waals surface area contributed by atoms with Gasteiger partial charge in [0.25, 0.3) is 0 Å². The second-order valence-electron chi connectivity index (χ2n) is 4.50. The quantitative estimate of drug-likeness (QED) is 0.693. The van der Waals surface area contributed by atoms with E-state index in [1.165, 1.54) is 13.1 Å². The number of likely N-dealkylation sites (tertiary alicyclic amines) is 1. The van der Waals surface area contributed by atoms with Gasteiger partial charge in [-0.3, -0.25) is 4.90 Å². The van der Waals surface area contributed by atoms with Gasteiger partial charge in [0.2, 0.25) is 0 Å². The maximum atomic E-state index is 5.80. The zero-order valence-electron chi connectivity index (χ0n) is 8.43. The van der Waals surface area contributed by atoms with E-state index in [0.29, 0.717) is 5.41 Å². The second-order valence-corrected chi connectivity index (χ2v) is 4.50. The van der Waals surface area contributed by atoms with Gasteiger partial charge in [0.1, 0.15) is 0 Å². The molecule has 1 fully saturated rings. The molecule has 0 radical (unpaired) electrons. The maximum absolute atomic E-state index is 5.80. The zero-order chi connectivity index (χ0) is 9.19. The minimum Gasteiger partial charge on any atom is -0.401 e. The molecule has 1 heterocycles. The Labute approximate surface area is 75.4 Å². The Bertz CT molecular complexity index is 174. The Morgan fingerprint density at radius 3 is 2.50 bits per heavy atom. The summed E-state index contributed by atoms with van der Waals surface area (Å²) in [5.41, 5.74) is 7.34. The Hall–Kier alpha value is -0.500. The van der Waals surface area contributed by atoms with Crippen molar-refractivity contribution in [3.63, 3.8) is 0 Å². The minimum absolute atomic E-state index is 0.520. The van der Waals surface area contributed by atoms with Crippen LogP contribution in [0.1, 0.15) is 27.2 Å². The van der Waals surface area contributed by atoms with Crippen molar-refractivity contribution in [2.45, 2.75) is 27.2 Å². The summed E-state index contributed by atoms with van der Waals surface area (Å²) in [5.74, 6) is 0. The summed E-state index contributed by atoms with van der Waals surface area (Å²) >= 11 is 0. The van der Waals surface area contributed by atoms with Crippen molar-refractivity contribution in [1.29, 1.82) is 0 Å². The summed E-state index contributed by atoms with van der Waals surface area (Å²) in [7, 11) is 0. The number of rotatable bonds is 3. The van der Waals surface area contributed by atoms with Crippen LogP contribution in [-0.2, 0) is 0 Å². The number of hydrogen-bond acceptors (Lipinski definition) is 2. The van der Waals surface area contributed by atoms with Gasteiger partial charge in [0.05, 0.1) is 0 Å². The summed E-state index contributed by atoms with van der Waals surface area (Å²) in [4.78, 5) is 2.39. The van der Waals surface area contributed by atoms with Gasteiger partial charge >= 0.3 is 0 Å². The summed E-state index contributed by atoms with van der Waals surface area (Å²) in [5, 5.41) is 0. The number of nitrogens with two attached hydrogens (primary N) is 1. The van der Waals surface area contributed by atoms with Crippen molar-refractivity contribution in [3.8, 4) is 0 Å². The van der Waals surface area contributed by atoms with Gasteiger partial charge in [0.15, 0.2) is 0 Å². The molecule has 0 aromatic heterocycles. The van der Waals surface area contributed by atoms with Crippen LogP contribution >= 0.6 is 0 Å². The highest BCUT2D eigenvalue weighted by Crippen LogP contribution is 2.28. The van der Waals surface area contributed by atoms with E-state index in [2.05, 4.69) is 31.7 Å². The molecule has 2 heteroatoms. The first-order valence-electron chi connectivity index (χ1n) is 4.70. The fourth-order valence-electron chi connectivity index (χ4n) is 1.86. The molecular formula is C10H20N2. The molecule has 0 atom stereocenters. The average Bonchev–Trinajstić information content (AvgIpc) is 1.83. The van der Waals surface area contributed by atoms with Crippen LogP contribution in [0.3, 0.4) is 0 Å². The standard InChI is InChI=1S/C10H20N2/c1-4-5-9(11)6-12-7-10(2,3)8-12/h5H,4,6-8,11H2,1-3H3/b9-5+. The molecule has 1 rings (SSSR count). The van der Waals surface area contributed by atoms with E-state index in [4.69, 9.17) is 5.73 Å². The van der Waals surface area contributed by atoms with Gasteiger partial charge in [-0.05, 0) is 11.8 Å². The third kappa shape index (κ3) is 2.52. The number of allylic oxidation sites excluding steroid dienone is 1. The summed E-state index contributed by atoms with van der Waals surface area (Å²) in [6.45, 7) is 10.0. The molecule has 0 aliphatic carbocycles. The first-order valence-corrected chi connectivity index (χ1v) is 4.70. The van der Waals surface area contributed by atoms with Gasteiger partial charge in [-0.15, -0.1) is 0 Å². The lowest BCUT2D eigenvalue weighted by atomic mass is 9.84.